The van der Waals surface area contributed by atoms with E-state index in [0.29, 0.717) is 62.5 Å². The summed E-state index contributed by atoms with van der Waals surface area (Å²) in [6.07, 6.45) is 7.19. The maximum Gasteiger partial charge on any atom is 0.410 e. The minimum Gasteiger partial charge on any atom is -0.445 e. The van der Waals surface area contributed by atoms with Crippen molar-refractivity contribution in [1.82, 2.24) is 29.7 Å². The highest BCUT2D eigenvalue weighted by Crippen LogP contribution is 2.37. The molecule has 51 heavy (non-hydrogen) atoms. The highest BCUT2D eigenvalue weighted by Gasteiger charge is 2.36. The van der Waals surface area contributed by atoms with Crippen LogP contribution in [-0.2, 0) is 16.1 Å². The van der Waals surface area contributed by atoms with Crippen molar-refractivity contribution in [1.29, 1.82) is 0 Å². The SMILES string of the molecule is CC(C)(C)OC(=O)N1CCC[C@H]1c1ncc(C2CCN(c3c(F)cc(-c4cnc([C@@H]5CCCN5C(=O)OCc5ccccc5)[nH]4)cc3F)CC2)[nH]1. The standard InChI is InChI=1S/C38H45F2N7O4/c1-38(2,3)51-37(49)47-16-8-12-32(47)35-41-21-29(43-35)25-13-17-45(18-14-25)33-27(39)19-26(20-28(33)40)30-22-42-34(44-30)31-11-7-15-46(31)36(48)50-23-24-9-5-4-6-10-24/h4-6,9-10,19-22,25,31-32H,7-8,11-18,23H2,1-3H3,(H,41,43)(H,42,44)/t31-,32-/m0/s1. The molecule has 3 fully saturated rings. The quantitative estimate of drug-likeness (QED) is 0.200. The van der Waals surface area contributed by atoms with Crippen LogP contribution >= 0.6 is 0 Å². The van der Waals surface area contributed by atoms with Crippen molar-refractivity contribution in [3.63, 3.8) is 0 Å². The number of amides is 2. The Balaban J connectivity index is 0.970. The molecular weight excluding hydrogens is 656 g/mol. The van der Waals surface area contributed by atoms with Crippen LogP contribution < -0.4 is 4.90 Å². The number of anilines is 1. The van der Waals surface area contributed by atoms with Crippen molar-refractivity contribution in [3.05, 3.63) is 89.4 Å². The summed E-state index contributed by atoms with van der Waals surface area (Å²) in [7, 11) is 0. The molecule has 0 spiro atoms. The number of carbonyl (C=O) groups excluding carboxylic acids is 2. The molecule has 2 atom stereocenters. The molecule has 0 bridgehead atoms. The molecule has 13 heteroatoms. The topological polar surface area (TPSA) is 120 Å². The molecule has 0 aliphatic carbocycles. The van der Waals surface area contributed by atoms with Crippen molar-refractivity contribution < 1.29 is 27.8 Å². The Kier molecular flexibility index (Phi) is 9.71. The van der Waals surface area contributed by atoms with Gasteiger partial charge in [0.25, 0.3) is 0 Å². The number of aromatic amines is 2. The van der Waals surface area contributed by atoms with Crippen molar-refractivity contribution in [2.45, 2.75) is 89.5 Å². The van der Waals surface area contributed by atoms with Gasteiger partial charge in [0.15, 0.2) is 0 Å². The predicted molar refractivity (Wildman–Crippen MR) is 187 cm³/mol. The molecule has 2 aromatic carbocycles. The number of benzene rings is 2. The average molecular weight is 702 g/mol. The van der Waals surface area contributed by atoms with Gasteiger partial charge in [-0.05, 0) is 77.0 Å². The molecule has 2 aromatic heterocycles. The first-order chi connectivity index (χ1) is 24.5. The second-order valence-electron chi connectivity index (χ2n) is 14.7. The van der Waals surface area contributed by atoms with Crippen molar-refractivity contribution in [3.8, 4) is 11.3 Å². The number of rotatable bonds is 7. The number of nitrogens with zero attached hydrogens (tertiary/aromatic N) is 5. The maximum atomic E-state index is 15.6. The van der Waals surface area contributed by atoms with Crippen LogP contribution in [0.2, 0.25) is 0 Å². The minimum atomic E-state index is -0.640. The predicted octanol–water partition coefficient (Wildman–Crippen LogP) is 8.01. The van der Waals surface area contributed by atoms with E-state index < -0.39 is 23.3 Å². The molecule has 5 heterocycles. The largest absolute Gasteiger partial charge is 0.445 e. The van der Waals surface area contributed by atoms with Crippen LogP contribution in [0.4, 0.5) is 24.1 Å². The molecule has 4 aromatic rings. The van der Waals surface area contributed by atoms with Gasteiger partial charge in [-0.3, -0.25) is 9.80 Å². The highest BCUT2D eigenvalue weighted by molar-refractivity contribution is 5.70. The number of nitrogens with one attached hydrogen (secondary N) is 2. The normalized spacial score (nSPS) is 19.9. The second kappa shape index (κ2) is 14.4. The Morgan fingerprint density at radius 3 is 2.08 bits per heavy atom. The van der Waals surface area contributed by atoms with Crippen molar-refractivity contribution >= 4 is 17.9 Å². The summed E-state index contributed by atoms with van der Waals surface area (Å²) in [6, 6.07) is 11.7. The van der Waals surface area contributed by atoms with Gasteiger partial charge in [-0.2, -0.15) is 0 Å². The molecule has 0 unspecified atom stereocenters. The lowest BCUT2D eigenvalue weighted by molar-refractivity contribution is 0.0218. The molecule has 7 rings (SSSR count). The third kappa shape index (κ3) is 7.57. The number of carbonyl (C=O) groups is 2. The van der Waals surface area contributed by atoms with Crippen molar-refractivity contribution in [2.75, 3.05) is 31.1 Å². The van der Waals surface area contributed by atoms with Gasteiger partial charge in [0.2, 0.25) is 0 Å². The number of hydrogen-bond acceptors (Lipinski definition) is 7. The van der Waals surface area contributed by atoms with E-state index in [4.69, 9.17) is 9.47 Å². The number of piperidine rings is 1. The summed E-state index contributed by atoms with van der Waals surface area (Å²) in [6.45, 7) is 7.86. The molecule has 0 saturated carbocycles. The Labute approximate surface area is 296 Å². The number of halogens is 2. The first-order valence-corrected chi connectivity index (χ1v) is 17.8. The molecule has 3 saturated heterocycles. The maximum absolute atomic E-state index is 15.6. The molecule has 11 nitrogen and oxygen atoms in total. The fourth-order valence-electron chi connectivity index (χ4n) is 7.48. The van der Waals surface area contributed by atoms with Gasteiger partial charge in [0.05, 0.1) is 24.0 Å². The van der Waals surface area contributed by atoms with E-state index in [1.165, 1.54) is 12.1 Å². The minimum absolute atomic E-state index is 0.0377. The Hall–Kier alpha value is -4.94. The Morgan fingerprint density at radius 2 is 1.43 bits per heavy atom. The zero-order valence-electron chi connectivity index (χ0n) is 29.3. The molecule has 2 amide bonds. The fourth-order valence-corrected chi connectivity index (χ4v) is 7.48. The zero-order valence-corrected chi connectivity index (χ0v) is 29.3. The summed E-state index contributed by atoms with van der Waals surface area (Å²) in [5, 5.41) is 0. The van der Waals surface area contributed by atoms with Gasteiger partial charge in [-0.15, -0.1) is 0 Å². The van der Waals surface area contributed by atoms with Crippen LogP contribution in [0.1, 0.15) is 100 Å². The molecule has 3 aliphatic rings. The third-order valence-electron chi connectivity index (χ3n) is 9.99. The van der Waals surface area contributed by atoms with E-state index in [1.54, 1.807) is 20.9 Å². The van der Waals surface area contributed by atoms with Crippen LogP contribution in [0.5, 0.6) is 0 Å². The number of aromatic nitrogens is 4. The van der Waals surface area contributed by atoms with Gasteiger partial charge in [0.1, 0.15) is 41.2 Å². The van der Waals surface area contributed by atoms with E-state index in [2.05, 4.69) is 19.9 Å². The van der Waals surface area contributed by atoms with Crippen LogP contribution in [0.25, 0.3) is 11.3 Å². The lowest BCUT2D eigenvalue weighted by atomic mass is 9.93. The lowest BCUT2D eigenvalue weighted by Crippen LogP contribution is -2.36. The van der Waals surface area contributed by atoms with Crippen LogP contribution in [0.15, 0.2) is 54.9 Å². The molecule has 0 radical (unpaired) electrons. The van der Waals surface area contributed by atoms with Gasteiger partial charge >= 0.3 is 12.2 Å². The molecular formula is C38H45F2N7O4. The molecule has 270 valence electrons. The summed E-state index contributed by atoms with van der Waals surface area (Å²) < 4.78 is 42.4. The smallest absolute Gasteiger partial charge is 0.410 e. The molecule has 2 N–H and O–H groups in total. The summed E-state index contributed by atoms with van der Waals surface area (Å²) in [5.74, 6) is 0.170. The van der Waals surface area contributed by atoms with E-state index in [9.17, 15) is 9.59 Å². The zero-order chi connectivity index (χ0) is 35.7. The van der Waals surface area contributed by atoms with E-state index in [-0.39, 0.29) is 36.4 Å². The Bertz CT molecular complexity index is 1820. The van der Waals surface area contributed by atoms with E-state index >= 15 is 8.78 Å². The van der Waals surface area contributed by atoms with E-state index in [1.807, 2.05) is 57.3 Å². The number of ether oxygens (including phenoxy) is 2. The Morgan fingerprint density at radius 1 is 0.824 bits per heavy atom. The monoisotopic (exact) mass is 701 g/mol. The van der Waals surface area contributed by atoms with Gasteiger partial charge in [-0.1, -0.05) is 30.3 Å². The van der Waals surface area contributed by atoms with Crippen molar-refractivity contribution in [2.24, 2.45) is 0 Å². The number of likely N-dealkylation sites (tertiary alicyclic amines) is 2. The van der Waals surface area contributed by atoms with Gasteiger partial charge in [0, 0.05) is 49.6 Å². The number of hydrogen-bond donors (Lipinski definition) is 2. The third-order valence-corrected chi connectivity index (χ3v) is 9.99. The summed E-state index contributed by atoms with van der Waals surface area (Å²) in [5.41, 5.74) is 2.07. The van der Waals surface area contributed by atoms with E-state index in [0.717, 1.165) is 36.3 Å². The molecule has 3 aliphatic heterocycles. The fraction of sp³-hybridized carbons (Fsp3) is 0.474. The van der Waals surface area contributed by atoms with Gasteiger partial charge in [-0.25, -0.2) is 28.3 Å². The summed E-state index contributed by atoms with van der Waals surface area (Å²) >= 11 is 0. The number of imidazole rings is 2. The number of H-pyrrole nitrogens is 2. The first-order valence-electron chi connectivity index (χ1n) is 17.8. The second-order valence-corrected chi connectivity index (χ2v) is 14.7. The highest BCUT2D eigenvalue weighted by atomic mass is 19.1. The average Bonchev–Trinajstić information content (AvgIpc) is 3.93. The lowest BCUT2D eigenvalue weighted by Gasteiger charge is -2.33. The summed E-state index contributed by atoms with van der Waals surface area (Å²) in [4.78, 5) is 46.7. The van der Waals surface area contributed by atoms with Crippen LogP contribution in [0.3, 0.4) is 0 Å². The van der Waals surface area contributed by atoms with Gasteiger partial charge < -0.3 is 24.3 Å². The van der Waals surface area contributed by atoms with Crippen LogP contribution in [-0.4, -0.2) is 73.7 Å². The first kappa shape index (κ1) is 34.5. The van der Waals surface area contributed by atoms with Crippen LogP contribution in [0, 0.1) is 11.6 Å².